The molecular weight excluding hydrogens is 100 g/mol. The van der Waals surface area contributed by atoms with Gasteiger partial charge < -0.3 is 0 Å². The van der Waals surface area contributed by atoms with E-state index in [2.05, 4.69) is 6.58 Å². The molecule has 0 unspecified atom stereocenters. The van der Waals surface area contributed by atoms with Crippen LogP contribution >= 0.6 is 0 Å². The van der Waals surface area contributed by atoms with Crippen molar-refractivity contribution in [2.45, 2.75) is 6.92 Å². The molecule has 0 saturated carbocycles. The average Bonchev–Trinajstić information content (AvgIpc) is 1.83. The largest absolute Gasteiger partial charge is 0.298 e. The monoisotopic (exact) mass is 109 g/mol. The number of hydrogen-bond donors (Lipinski definition) is 0. The highest BCUT2D eigenvalue weighted by Crippen LogP contribution is 1.91. The third kappa shape index (κ3) is 3.22. The smallest absolute Gasteiger partial charge is 0.145 e. The Kier molecular flexibility index (Phi) is 3.67. The number of rotatable bonds is 2. The Bertz CT molecular complexity index is 120. The second kappa shape index (κ2) is 4.19. The third-order valence-corrected chi connectivity index (χ3v) is 0.681. The van der Waals surface area contributed by atoms with Gasteiger partial charge in [0.1, 0.15) is 6.26 Å². The predicted octanol–water partition coefficient (Wildman–Crippen LogP) is 2.06. The van der Waals surface area contributed by atoms with Gasteiger partial charge in [0.05, 0.1) is 0 Å². The van der Waals surface area contributed by atoms with Gasteiger partial charge in [-0.15, -0.1) is 0 Å². The third-order valence-electron chi connectivity index (χ3n) is 0.681. The summed E-state index contributed by atoms with van der Waals surface area (Å²) in [7, 11) is 0. The average molecular weight is 109 g/mol. The molecule has 0 aromatic carbocycles. The molecule has 8 heavy (non-hydrogen) atoms. The summed E-state index contributed by atoms with van der Waals surface area (Å²) in [6, 6.07) is 0. The molecule has 1 nitrogen and oxygen atoms in total. The van der Waals surface area contributed by atoms with Crippen LogP contribution in [0.15, 0.2) is 36.6 Å². The maximum absolute atomic E-state index is 9.89. The van der Waals surface area contributed by atoms with Crippen LogP contribution < -0.4 is 0 Å². The molecule has 1 heteroatoms. The Balaban J connectivity index is 3.69. The van der Waals surface area contributed by atoms with Crippen LogP contribution in [0, 0.1) is 0 Å². The Labute approximate surface area is 49.7 Å². The van der Waals surface area contributed by atoms with Gasteiger partial charge in [-0.3, -0.25) is 5.11 Å². The fourth-order valence-corrected chi connectivity index (χ4v) is 0.259. The molecule has 0 aliphatic rings. The van der Waals surface area contributed by atoms with Crippen molar-refractivity contribution >= 4 is 0 Å². The molecule has 1 radical (unpaired) electrons. The van der Waals surface area contributed by atoms with Crippen LogP contribution in [0.2, 0.25) is 0 Å². The van der Waals surface area contributed by atoms with Crippen LogP contribution in [-0.4, -0.2) is 0 Å². The highest BCUT2D eigenvalue weighted by atomic mass is 16.2. The maximum atomic E-state index is 9.89. The van der Waals surface area contributed by atoms with Crippen molar-refractivity contribution in [3.8, 4) is 0 Å². The molecule has 0 saturated heterocycles. The van der Waals surface area contributed by atoms with E-state index in [9.17, 15) is 5.11 Å². The van der Waals surface area contributed by atoms with Crippen molar-refractivity contribution in [1.29, 1.82) is 0 Å². The topological polar surface area (TPSA) is 19.9 Å². The highest BCUT2D eigenvalue weighted by Gasteiger charge is 1.74. The fraction of sp³-hybridized carbons (Fsp3) is 0.143. The van der Waals surface area contributed by atoms with E-state index in [-0.39, 0.29) is 0 Å². The van der Waals surface area contributed by atoms with Crippen molar-refractivity contribution in [2.24, 2.45) is 0 Å². The fourth-order valence-electron chi connectivity index (χ4n) is 0.259. The molecule has 0 atom stereocenters. The molecule has 0 aliphatic heterocycles. The Morgan fingerprint density at radius 1 is 1.62 bits per heavy atom. The molecule has 0 fully saturated rings. The van der Waals surface area contributed by atoms with Crippen molar-refractivity contribution < 1.29 is 5.11 Å². The van der Waals surface area contributed by atoms with Crippen molar-refractivity contribution in [2.75, 3.05) is 0 Å². The summed E-state index contributed by atoms with van der Waals surface area (Å²) in [5.74, 6) is 0. The lowest BCUT2D eigenvalue weighted by atomic mass is 10.3. The highest BCUT2D eigenvalue weighted by molar-refractivity contribution is 5.16. The van der Waals surface area contributed by atoms with E-state index in [1.165, 1.54) is 0 Å². The second-order valence-corrected chi connectivity index (χ2v) is 1.46. The summed E-state index contributed by atoms with van der Waals surface area (Å²) >= 11 is 0. The molecule has 0 amide bonds. The molecule has 0 heterocycles. The molecule has 0 N–H and O–H groups in total. The van der Waals surface area contributed by atoms with Crippen LogP contribution in [0.4, 0.5) is 0 Å². The summed E-state index contributed by atoms with van der Waals surface area (Å²) in [5.41, 5.74) is 0.713. The summed E-state index contributed by atoms with van der Waals surface area (Å²) in [6.07, 6.45) is 5.87. The summed E-state index contributed by atoms with van der Waals surface area (Å²) in [5, 5.41) is 9.89. The van der Waals surface area contributed by atoms with Gasteiger partial charge in [0.2, 0.25) is 0 Å². The molecular formula is C7H9O. The van der Waals surface area contributed by atoms with Gasteiger partial charge in [-0.1, -0.05) is 24.8 Å². The normalized spacial score (nSPS) is 12.4. The van der Waals surface area contributed by atoms with E-state index >= 15 is 0 Å². The van der Waals surface area contributed by atoms with Crippen LogP contribution in [0.1, 0.15) is 6.92 Å². The Morgan fingerprint density at radius 3 is 2.62 bits per heavy atom. The quantitative estimate of drug-likeness (QED) is 0.382. The lowest BCUT2D eigenvalue weighted by Crippen LogP contribution is -1.62. The molecule has 0 bridgehead atoms. The Morgan fingerprint density at radius 2 is 2.25 bits per heavy atom. The van der Waals surface area contributed by atoms with Crippen LogP contribution in [-0.2, 0) is 5.11 Å². The minimum Gasteiger partial charge on any atom is -0.298 e. The molecule has 0 aliphatic carbocycles. The zero-order valence-electron chi connectivity index (χ0n) is 4.92. The lowest BCUT2D eigenvalue weighted by Gasteiger charge is -1.79. The molecule has 0 rings (SSSR count). The Hall–Kier alpha value is -0.980. The second-order valence-electron chi connectivity index (χ2n) is 1.46. The summed E-state index contributed by atoms with van der Waals surface area (Å²) in [4.78, 5) is 0. The standard InChI is InChI=1S/C7H9O/c1-3-4-5-7(2)6-8/h3-6H,1H2,2H3/b5-4+,7-6+. The summed E-state index contributed by atoms with van der Waals surface area (Å²) < 4.78 is 0. The first-order chi connectivity index (χ1) is 3.81. The van der Waals surface area contributed by atoms with Crippen molar-refractivity contribution in [3.05, 3.63) is 36.6 Å². The van der Waals surface area contributed by atoms with Gasteiger partial charge in [-0.05, 0) is 12.5 Å². The van der Waals surface area contributed by atoms with Crippen LogP contribution in [0.5, 0.6) is 0 Å². The van der Waals surface area contributed by atoms with E-state index in [0.29, 0.717) is 5.57 Å². The van der Waals surface area contributed by atoms with Crippen molar-refractivity contribution in [3.63, 3.8) is 0 Å². The zero-order valence-corrected chi connectivity index (χ0v) is 4.92. The van der Waals surface area contributed by atoms with Gasteiger partial charge in [0.15, 0.2) is 0 Å². The van der Waals surface area contributed by atoms with Crippen LogP contribution in [0.3, 0.4) is 0 Å². The summed E-state index contributed by atoms with van der Waals surface area (Å²) in [6.45, 7) is 5.19. The van der Waals surface area contributed by atoms with E-state index in [4.69, 9.17) is 0 Å². The van der Waals surface area contributed by atoms with E-state index in [1.54, 1.807) is 25.2 Å². The minimum atomic E-state index is 0.713. The molecule has 0 aromatic heterocycles. The molecule has 43 valence electrons. The lowest BCUT2D eigenvalue weighted by molar-refractivity contribution is 0.348. The molecule has 0 spiro atoms. The minimum absolute atomic E-state index is 0.713. The first kappa shape index (κ1) is 7.02. The van der Waals surface area contributed by atoms with Gasteiger partial charge in [0.25, 0.3) is 0 Å². The SMILES string of the molecule is C=C/C=C/C(C)=C/[O]. The van der Waals surface area contributed by atoms with Crippen LogP contribution in [0.25, 0.3) is 0 Å². The first-order valence-corrected chi connectivity index (χ1v) is 2.39. The van der Waals surface area contributed by atoms with E-state index < -0.39 is 0 Å². The zero-order chi connectivity index (χ0) is 6.41. The number of allylic oxidation sites excluding steroid dienone is 4. The maximum Gasteiger partial charge on any atom is 0.145 e. The van der Waals surface area contributed by atoms with Gasteiger partial charge in [-0.25, -0.2) is 0 Å². The van der Waals surface area contributed by atoms with Gasteiger partial charge >= 0.3 is 0 Å². The van der Waals surface area contributed by atoms with Crippen molar-refractivity contribution in [1.82, 2.24) is 0 Å². The predicted molar refractivity (Wildman–Crippen MR) is 33.8 cm³/mol. The number of hydrogen-bond acceptors (Lipinski definition) is 0. The van der Waals surface area contributed by atoms with E-state index in [0.717, 1.165) is 6.26 Å². The van der Waals surface area contributed by atoms with Gasteiger partial charge in [-0.2, -0.15) is 0 Å². The molecule has 0 aromatic rings. The van der Waals surface area contributed by atoms with E-state index in [1.807, 2.05) is 0 Å². The first-order valence-electron chi connectivity index (χ1n) is 2.39. The van der Waals surface area contributed by atoms with Gasteiger partial charge in [0, 0.05) is 0 Å².